The minimum atomic E-state index is -0.526. The molecule has 0 unspecified atom stereocenters. The average molecular weight is 415 g/mol. The monoisotopic (exact) mass is 415 g/mol. The number of ether oxygens (including phenoxy) is 1. The Bertz CT molecular complexity index is 900. The van der Waals surface area contributed by atoms with Crippen molar-refractivity contribution in [3.8, 4) is 0 Å². The molecule has 0 radical (unpaired) electrons. The van der Waals surface area contributed by atoms with Gasteiger partial charge in [0.25, 0.3) is 0 Å². The number of nitrogens with zero attached hydrogens (tertiary/aromatic N) is 3. The SMILES string of the molecule is COCC(=O)N1CCN(Cc2cccc(NC(=O)Nc3ccnc(C)c3)c2F)CC1. The zero-order valence-electron chi connectivity index (χ0n) is 17.2. The molecule has 0 saturated carbocycles. The van der Waals surface area contributed by atoms with Crippen molar-refractivity contribution in [3.63, 3.8) is 0 Å². The molecule has 1 saturated heterocycles. The average Bonchev–Trinajstić information content (AvgIpc) is 2.71. The fourth-order valence-electron chi connectivity index (χ4n) is 3.32. The van der Waals surface area contributed by atoms with Crippen LogP contribution in [0.2, 0.25) is 0 Å². The van der Waals surface area contributed by atoms with Gasteiger partial charge in [-0.15, -0.1) is 0 Å². The molecule has 0 bridgehead atoms. The Balaban J connectivity index is 1.57. The van der Waals surface area contributed by atoms with E-state index in [2.05, 4.69) is 20.5 Å². The van der Waals surface area contributed by atoms with E-state index < -0.39 is 11.8 Å². The third kappa shape index (κ3) is 5.74. The molecular weight excluding hydrogens is 389 g/mol. The fraction of sp³-hybridized carbons (Fsp3) is 0.381. The second-order valence-electron chi connectivity index (χ2n) is 7.13. The van der Waals surface area contributed by atoms with Crippen LogP contribution in [-0.2, 0) is 16.1 Å². The van der Waals surface area contributed by atoms with Gasteiger partial charge < -0.3 is 20.3 Å². The molecule has 9 heteroatoms. The van der Waals surface area contributed by atoms with E-state index in [4.69, 9.17) is 4.74 Å². The highest BCUT2D eigenvalue weighted by Crippen LogP contribution is 2.21. The molecule has 1 aliphatic rings. The van der Waals surface area contributed by atoms with E-state index in [0.717, 1.165) is 5.69 Å². The van der Waals surface area contributed by atoms with Crippen molar-refractivity contribution in [3.05, 3.63) is 53.6 Å². The van der Waals surface area contributed by atoms with Crippen molar-refractivity contribution in [1.29, 1.82) is 0 Å². The number of anilines is 2. The van der Waals surface area contributed by atoms with Crippen molar-refractivity contribution in [2.24, 2.45) is 0 Å². The largest absolute Gasteiger partial charge is 0.375 e. The van der Waals surface area contributed by atoms with Crippen molar-refractivity contribution >= 4 is 23.3 Å². The molecule has 2 N–H and O–H groups in total. The van der Waals surface area contributed by atoms with Crippen LogP contribution in [0.4, 0.5) is 20.6 Å². The summed E-state index contributed by atoms with van der Waals surface area (Å²) in [6.07, 6.45) is 1.59. The molecule has 1 fully saturated rings. The van der Waals surface area contributed by atoms with Crippen molar-refractivity contribution < 1.29 is 18.7 Å². The number of carbonyl (C=O) groups is 2. The first-order valence-electron chi connectivity index (χ1n) is 9.73. The lowest BCUT2D eigenvalue weighted by molar-refractivity contribution is -0.136. The van der Waals surface area contributed by atoms with Crippen LogP contribution in [0.1, 0.15) is 11.3 Å². The summed E-state index contributed by atoms with van der Waals surface area (Å²) in [5, 5.41) is 5.23. The fourth-order valence-corrected chi connectivity index (χ4v) is 3.32. The van der Waals surface area contributed by atoms with Gasteiger partial charge in [-0.05, 0) is 25.1 Å². The number of nitrogens with one attached hydrogen (secondary N) is 2. The van der Waals surface area contributed by atoms with Crippen LogP contribution in [0.3, 0.4) is 0 Å². The Hall–Kier alpha value is -3.04. The maximum absolute atomic E-state index is 14.9. The van der Waals surface area contributed by atoms with Crippen LogP contribution in [0.5, 0.6) is 0 Å². The van der Waals surface area contributed by atoms with Gasteiger partial charge in [0.05, 0.1) is 5.69 Å². The third-order valence-electron chi connectivity index (χ3n) is 4.87. The lowest BCUT2D eigenvalue weighted by Gasteiger charge is -2.34. The summed E-state index contributed by atoms with van der Waals surface area (Å²) < 4.78 is 19.8. The van der Waals surface area contributed by atoms with Crippen LogP contribution in [0.15, 0.2) is 36.5 Å². The zero-order valence-corrected chi connectivity index (χ0v) is 17.2. The van der Waals surface area contributed by atoms with Crippen molar-refractivity contribution in [1.82, 2.24) is 14.8 Å². The number of amides is 3. The van der Waals surface area contributed by atoms with Gasteiger partial charge in [-0.1, -0.05) is 12.1 Å². The first-order valence-corrected chi connectivity index (χ1v) is 9.73. The van der Waals surface area contributed by atoms with Crippen molar-refractivity contribution in [2.45, 2.75) is 13.5 Å². The van der Waals surface area contributed by atoms with Gasteiger partial charge in [-0.2, -0.15) is 0 Å². The normalized spacial score (nSPS) is 14.4. The first-order chi connectivity index (χ1) is 14.5. The van der Waals surface area contributed by atoms with E-state index in [-0.39, 0.29) is 18.2 Å². The smallest absolute Gasteiger partial charge is 0.323 e. The minimum absolute atomic E-state index is 0.0371. The molecular formula is C21H26FN5O3. The van der Waals surface area contributed by atoms with Crippen LogP contribution in [0, 0.1) is 12.7 Å². The number of piperazine rings is 1. The lowest BCUT2D eigenvalue weighted by Crippen LogP contribution is -2.49. The van der Waals surface area contributed by atoms with Gasteiger partial charge in [0.15, 0.2) is 5.82 Å². The van der Waals surface area contributed by atoms with Gasteiger partial charge in [-0.3, -0.25) is 14.7 Å². The molecule has 8 nitrogen and oxygen atoms in total. The number of hydrogen-bond donors (Lipinski definition) is 2. The van der Waals surface area contributed by atoms with Crippen LogP contribution < -0.4 is 10.6 Å². The Morgan fingerprint density at radius 2 is 1.93 bits per heavy atom. The van der Waals surface area contributed by atoms with Crippen LogP contribution >= 0.6 is 0 Å². The second kappa shape index (κ2) is 10.1. The van der Waals surface area contributed by atoms with E-state index in [0.29, 0.717) is 44.0 Å². The summed E-state index contributed by atoms with van der Waals surface area (Å²) in [5.74, 6) is -0.499. The summed E-state index contributed by atoms with van der Waals surface area (Å²) in [6.45, 7) is 4.75. The summed E-state index contributed by atoms with van der Waals surface area (Å²) in [5.41, 5.74) is 1.95. The summed E-state index contributed by atoms with van der Waals surface area (Å²) in [7, 11) is 1.50. The highest BCUT2D eigenvalue weighted by atomic mass is 19.1. The Labute approximate surface area is 175 Å². The number of carbonyl (C=O) groups excluding carboxylic acids is 2. The maximum atomic E-state index is 14.9. The van der Waals surface area contributed by atoms with Crippen LogP contribution in [-0.4, -0.2) is 66.6 Å². The highest BCUT2D eigenvalue weighted by molar-refractivity contribution is 5.99. The molecule has 3 rings (SSSR count). The predicted molar refractivity (Wildman–Crippen MR) is 112 cm³/mol. The molecule has 0 spiro atoms. The molecule has 0 atom stereocenters. The van der Waals surface area contributed by atoms with Crippen molar-refractivity contribution in [2.75, 3.05) is 50.5 Å². The van der Waals surface area contributed by atoms with E-state index in [1.54, 1.807) is 35.4 Å². The number of hydrogen-bond acceptors (Lipinski definition) is 5. The first kappa shape index (κ1) is 21.7. The maximum Gasteiger partial charge on any atom is 0.323 e. The molecule has 1 aromatic carbocycles. The number of halogens is 1. The number of methoxy groups -OCH3 is 1. The molecule has 1 aliphatic heterocycles. The number of aromatic nitrogens is 1. The quantitative estimate of drug-likeness (QED) is 0.757. The van der Waals surface area contributed by atoms with E-state index >= 15 is 0 Å². The van der Waals surface area contributed by atoms with Gasteiger partial charge in [0.2, 0.25) is 5.91 Å². The van der Waals surface area contributed by atoms with Gasteiger partial charge in [0.1, 0.15) is 6.61 Å². The molecule has 2 heterocycles. The number of urea groups is 1. The van der Waals surface area contributed by atoms with E-state index in [9.17, 15) is 14.0 Å². The molecule has 0 aliphatic carbocycles. The number of pyridine rings is 1. The standard InChI is InChI=1S/C21H26FN5O3/c1-15-12-17(6-7-23-15)24-21(29)25-18-5-3-4-16(20(18)22)13-26-8-10-27(11-9-26)19(28)14-30-2/h3-7,12H,8-11,13-14H2,1-2H3,(H2,23,24,25,29). The topological polar surface area (TPSA) is 86.8 Å². The van der Waals surface area contributed by atoms with E-state index in [1.807, 2.05) is 6.92 Å². The van der Waals surface area contributed by atoms with Gasteiger partial charge in [-0.25, -0.2) is 9.18 Å². The molecule has 1 aromatic heterocycles. The predicted octanol–water partition coefficient (Wildman–Crippen LogP) is 2.46. The number of aryl methyl sites for hydroxylation is 1. The molecule has 160 valence electrons. The molecule has 2 aromatic rings. The molecule has 3 amide bonds. The number of rotatable bonds is 6. The van der Waals surface area contributed by atoms with E-state index in [1.165, 1.54) is 13.2 Å². The highest BCUT2D eigenvalue weighted by Gasteiger charge is 2.22. The minimum Gasteiger partial charge on any atom is -0.375 e. The van der Waals surface area contributed by atoms with Gasteiger partial charge >= 0.3 is 6.03 Å². The zero-order chi connectivity index (χ0) is 21.5. The Kier molecular flexibility index (Phi) is 7.31. The Morgan fingerprint density at radius 1 is 1.17 bits per heavy atom. The van der Waals surface area contributed by atoms with Gasteiger partial charge in [0, 0.05) is 63.0 Å². The summed E-state index contributed by atoms with van der Waals surface area (Å²) in [4.78, 5) is 32.0. The summed E-state index contributed by atoms with van der Waals surface area (Å²) >= 11 is 0. The Morgan fingerprint density at radius 3 is 2.63 bits per heavy atom. The number of benzene rings is 1. The third-order valence-corrected chi connectivity index (χ3v) is 4.87. The molecule has 30 heavy (non-hydrogen) atoms. The second-order valence-corrected chi connectivity index (χ2v) is 7.13. The van der Waals surface area contributed by atoms with Crippen LogP contribution in [0.25, 0.3) is 0 Å². The lowest BCUT2D eigenvalue weighted by atomic mass is 10.1. The summed E-state index contributed by atoms with van der Waals surface area (Å²) in [6, 6.07) is 7.80.